The highest BCUT2D eigenvalue weighted by atomic mass is 32.2. The van der Waals surface area contributed by atoms with Crippen LogP contribution in [0, 0.1) is 5.41 Å². The van der Waals surface area contributed by atoms with Crippen molar-refractivity contribution in [1.82, 2.24) is 4.31 Å². The third-order valence-electron chi connectivity index (χ3n) is 4.31. The van der Waals surface area contributed by atoms with Crippen molar-refractivity contribution in [1.29, 1.82) is 0 Å². The highest BCUT2D eigenvalue weighted by Gasteiger charge is 2.41. The van der Waals surface area contributed by atoms with Gasteiger partial charge in [-0.05, 0) is 37.6 Å². The number of hydrogen-bond donors (Lipinski definition) is 1. The molecule has 0 bridgehead atoms. The van der Waals surface area contributed by atoms with E-state index >= 15 is 0 Å². The van der Waals surface area contributed by atoms with E-state index in [0.29, 0.717) is 13.1 Å². The summed E-state index contributed by atoms with van der Waals surface area (Å²) in [5.74, 6) is 0. The lowest BCUT2D eigenvalue weighted by Gasteiger charge is -2.44. The van der Waals surface area contributed by atoms with E-state index in [0.717, 1.165) is 32.1 Å². The summed E-state index contributed by atoms with van der Waals surface area (Å²) >= 11 is 0. The van der Waals surface area contributed by atoms with E-state index in [4.69, 9.17) is 5.73 Å². The Morgan fingerprint density at radius 2 is 1.94 bits per heavy atom. The van der Waals surface area contributed by atoms with Crippen LogP contribution in [-0.2, 0) is 10.0 Å². The Bertz CT molecular complexity index is 339. The SMILES string of the molecule is CN(CC1(CN)CCC1)S(=O)(=O)C1CCC1. The van der Waals surface area contributed by atoms with Gasteiger partial charge in [0.05, 0.1) is 5.25 Å². The normalized spacial score (nSPS) is 25.2. The van der Waals surface area contributed by atoms with Crippen molar-refractivity contribution < 1.29 is 8.42 Å². The first-order valence-electron chi connectivity index (χ1n) is 6.15. The van der Waals surface area contributed by atoms with E-state index in [2.05, 4.69) is 0 Å². The standard InChI is InChI=1S/C11H22N2O2S/c1-13(9-11(8-12)6-3-7-11)16(14,15)10-4-2-5-10/h10H,2-9,12H2,1H3. The minimum Gasteiger partial charge on any atom is -0.330 e. The molecule has 16 heavy (non-hydrogen) atoms. The second kappa shape index (κ2) is 4.27. The zero-order chi connectivity index (χ0) is 11.8. The number of sulfonamides is 1. The molecule has 4 nitrogen and oxygen atoms in total. The van der Waals surface area contributed by atoms with Crippen LogP contribution in [-0.4, -0.2) is 38.1 Å². The Hall–Kier alpha value is -0.130. The van der Waals surface area contributed by atoms with Crippen LogP contribution < -0.4 is 5.73 Å². The van der Waals surface area contributed by atoms with Crippen molar-refractivity contribution in [3.05, 3.63) is 0 Å². The third kappa shape index (κ3) is 2.00. The van der Waals surface area contributed by atoms with Gasteiger partial charge >= 0.3 is 0 Å². The molecule has 0 aliphatic heterocycles. The van der Waals surface area contributed by atoms with Crippen LogP contribution >= 0.6 is 0 Å². The zero-order valence-electron chi connectivity index (χ0n) is 9.98. The lowest BCUT2D eigenvalue weighted by molar-refractivity contribution is 0.117. The van der Waals surface area contributed by atoms with E-state index < -0.39 is 10.0 Å². The Balaban J connectivity index is 1.99. The maximum absolute atomic E-state index is 12.1. The number of hydrogen-bond acceptors (Lipinski definition) is 3. The molecule has 2 saturated carbocycles. The van der Waals surface area contributed by atoms with Crippen LogP contribution in [0.4, 0.5) is 0 Å². The second-order valence-corrected chi connectivity index (χ2v) is 7.73. The molecule has 0 aromatic heterocycles. The summed E-state index contributed by atoms with van der Waals surface area (Å²) in [5, 5.41) is -0.118. The Labute approximate surface area is 98.2 Å². The summed E-state index contributed by atoms with van der Waals surface area (Å²) in [6.07, 6.45) is 6.07. The number of nitrogens with two attached hydrogens (primary N) is 1. The molecule has 2 fully saturated rings. The van der Waals surface area contributed by atoms with Gasteiger partial charge in [-0.15, -0.1) is 0 Å². The van der Waals surface area contributed by atoms with Gasteiger partial charge in [0.2, 0.25) is 10.0 Å². The smallest absolute Gasteiger partial charge is 0.216 e. The van der Waals surface area contributed by atoms with Gasteiger partial charge in [-0.1, -0.05) is 12.8 Å². The minimum atomic E-state index is -3.04. The van der Waals surface area contributed by atoms with Crippen molar-refractivity contribution in [3.63, 3.8) is 0 Å². The van der Waals surface area contributed by atoms with Crippen molar-refractivity contribution in [3.8, 4) is 0 Å². The van der Waals surface area contributed by atoms with Gasteiger partial charge in [-0.25, -0.2) is 12.7 Å². The molecule has 2 aliphatic carbocycles. The van der Waals surface area contributed by atoms with Gasteiger partial charge in [0.15, 0.2) is 0 Å². The summed E-state index contributed by atoms with van der Waals surface area (Å²) in [7, 11) is -1.33. The van der Waals surface area contributed by atoms with E-state index in [1.165, 1.54) is 6.42 Å². The van der Waals surface area contributed by atoms with Gasteiger partial charge in [0.25, 0.3) is 0 Å². The van der Waals surface area contributed by atoms with Gasteiger partial charge in [-0.3, -0.25) is 0 Å². The molecule has 0 radical (unpaired) electrons. The Kier molecular flexibility index (Phi) is 3.29. The molecule has 2 N–H and O–H groups in total. The van der Waals surface area contributed by atoms with E-state index in [1.54, 1.807) is 11.4 Å². The van der Waals surface area contributed by atoms with Crippen LogP contribution in [0.15, 0.2) is 0 Å². The molecule has 0 unspecified atom stereocenters. The molecular weight excluding hydrogens is 224 g/mol. The van der Waals surface area contributed by atoms with Gasteiger partial charge in [0, 0.05) is 13.6 Å². The average molecular weight is 246 g/mol. The molecular formula is C11H22N2O2S. The highest BCUT2D eigenvalue weighted by molar-refractivity contribution is 7.89. The minimum absolute atomic E-state index is 0.0750. The predicted molar refractivity (Wildman–Crippen MR) is 64.5 cm³/mol. The third-order valence-corrected chi connectivity index (χ3v) is 6.62. The monoisotopic (exact) mass is 246 g/mol. The molecule has 2 rings (SSSR count). The molecule has 0 heterocycles. The summed E-state index contributed by atoms with van der Waals surface area (Å²) in [6, 6.07) is 0. The van der Waals surface area contributed by atoms with Crippen LogP contribution in [0.5, 0.6) is 0 Å². The van der Waals surface area contributed by atoms with Crippen LogP contribution in [0.2, 0.25) is 0 Å². The van der Waals surface area contributed by atoms with Crippen molar-refractivity contribution in [2.24, 2.45) is 11.1 Å². The fraction of sp³-hybridized carbons (Fsp3) is 1.00. The molecule has 94 valence electrons. The topological polar surface area (TPSA) is 63.4 Å². The number of rotatable bonds is 5. The average Bonchev–Trinajstić information content (AvgIpc) is 2.07. The summed E-state index contributed by atoms with van der Waals surface area (Å²) < 4.78 is 25.8. The first kappa shape index (κ1) is 12.3. The van der Waals surface area contributed by atoms with Crippen LogP contribution in [0.1, 0.15) is 38.5 Å². The maximum atomic E-state index is 12.1. The summed E-state index contributed by atoms with van der Waals surface area (Å²) in [4.78, 5) is 0. The fourth-order valence-electron chi connectivity index (χ4n) is 2.59. The zero-order valence-corrected chi connectivity index (χ0v) is 10.8. The predicted octanol–water partition coefficient (Wildman–Crippen LogP) is 0.929. The summed E-state index contributed by atoms with van der Waals surface area (Å²) in [5.41, 5.74) is 5.84. The van der Waals surface area contributed by atoms with Crippen LogP contribution in [0.25, 0.3) is 0 Å². The first-order valence-corrected chi connectivity index (χ1v) is 7.66. The van der Waals surface area contributed by atoms with E-state index in [9.17, 15) is 8.42 Å². The van der Waals surface area contributed by atoms with Crippen LogP contribution in [0.3, 0.4) is 0 Å². The first-order chi connectivity index (χ1) is 7.50. The molecule has 0 atom stereocenters. The number of nitrogens with zero attached hydrogens (tertiary/aromatic N) is 1. The molecule has 0 amide bonds. The Morgan fingerprint density at radius 3 is 2.25 bits per heavy atom. The molecule has 0 spiro atoms. The van der Waals surface area contributed by atoms with Gasteiger partial charge in [-0.2, -0.15) is 0 Å². The quantitative estimate of drug-likeness (QED) is 0.785. The molecule has 0 saturated heterocycles. The fourth-order valence-corrected chi connectivity index (χ4v) is 4.48. The second-order valence-electron chi connectivity index (χ2n) is 5.41. The van der Waals surface area contributed by atoms with Crippen molar-refractivity contribution in [2.45, 2.75) is 43.8 Å². The van der Waals surface area contributed by atoms with Gasteiger partial charge < -0.3 is 5.73 Å². The lowest BCUT2D eigenvalue weighted by atomic mass is 9.69. The van der Waals surface area contributed by atoms with Crippen molar-refractivity contribution >= 4 is 10.0 Å². The van der Waals surface area contributed by atoms with Crippen molar-refractivity contribution in [2.75, 3.05) is 20.1 Å². The highest BCUT2D eigenvalue weighted by Crippen LogP contribution is 2.41. The Morgan fingerprint density at radius 1 is 1.31 bits per heavy atom. The molecule has 0 aromatic carbocycles. The lowest BCUT2D eigenvalue weighted by Crippen LogP contribution is -2.50. The van der Waals surface area contributed by atoms with E-state index in [-0.39, 0.29) is 10.7 Å². The molecule has 5 heteroatoms. The summed E-state index contributed by atoms with van der Waals surface area (Å²) in [6.45, 7) is 1.22. The molecule has 0 aromatic rings. The molecule has 2 aliphatic rings. The van der Waals surface area contributed by atoms with E-state index in [1.807, 2.05) is 0 Å². The largest absolute Gasteiger partial charge is 0.330 e. The van der Waals surface area contributed by atoms with Gasteiger partial charge in [0.1, 0.15) is 0 Å². The maximum Gasteiger partial charge on any atom is 0.216 e.